The van der Waals surface area contributed by atoms with Crippen LogP contribution in [0.1, 0.15) is 46.1 Å². The van der Waals surface area contributed by atoms with Crippen LogP contribution in [0.25, 0.3) is 0 Å². The third kappa shape index (κ3) is 8.33. The first-order valence-electron chi connectivity index (χ1n) is 8.77. The first kappa shape index (κ1) is 20.7. The highest BCUT2D eigenvalue weighted by Gasteiger charge is 2.16. The van der Waals surface area contributed by atoms with Crippen molar-refractivity contribution in [2.24, 2.45) is 5.92 Å². The second-order valence-electron chi connectivity index (χ2n) is 6.60. The van der Waals surface area contributed by atoms with E-state index in [1.807, 2.05) is 31.2 Å². The van der Waals surface area contributed by atoms with Crippen molar-refractivity contribution in [3.8, 4) is 0 Å². The Kier molecular flexibility index (Phi) is 8.67. The molecule has 0 radical (unpaired) electrons. The van der Waals surface area contributed by atoms with Crippen molar-refractivity contribution in [1.29, 1.82) is 0 Å². The monoisotopic (exact) mass is 347 g/mol. The predicted molar refractivity (Wildman–Crippen MR) is 99.1 cm³/mol. The van der Waals surface area contributed by atoms with Crippen molar-refractivity contribution in [3.63, 3.8) is 0 Å². The van der Waals surface area contributed by atoms with Crippen molar-refractivity contribution in [1.82, 2.24) is 10.6 Å². The van der Waals surface area contributed by atoms with E-state index in [4.69, 9.17) is 0 Å². The average Bonchev–Trinajstić information content (AvgIpc) is 2.54. The molecule has 0 heterocycles. The molecule has 0 spiro atoms. The molecule has 0 aliphatic rings. The molecule has 25 heavy (non-hydrogen) atoms. The fourth-order valence-electron chi connectivity index (χ4n) is 2.30. The first-order valence-corrected chi connectivity index (χ1v) is 8.77. The van der Waals surface area contributed by atoms with Crippen LogP contribution in [-0.2, 0) is 20.8 Å². The van der Waals surface area contributed by atoms with Gasteiger partial charge < -0.3 is 16.0 Å². The molecule has 1 aromatic carbocycles. The lowest BCUT2D eigenvalue weighted by Gasteiger charge is -2.15. The highest BCUT2D eigenvalue weighted by atomic mass is 16.2. The van der Waals surface area contributed by atoms with Gasteiger partial charge in [-0.05, 0) is 43.4 Å². The molecule has 3 amide bonds. The summed E-state index contributed by atoms with van der Waals surface area (Å²) >= 11 is 0. The summed E-state index contributed by atoms with van der Waals surface area (Å²) in [5, 5.41) is 7.86. The fraction of sp³-hybridized carbons (Fsp3) is 0.526. The average molecular weight is 347 g/mol. The van der Waals surface area contributed by atoms with Crippen molar-refractivity contribution >= 4 is 23.4 Å². The van der Waals surface area contributed by atoms with Gasteiger partial charge in [-0.3, -0.25) is 14.4 Å². The van der Waals surface area contributed by atoms with E-state index in [1.165, 1.54) is 5.56 Å². The maximum Gasteiger partial charge on any atom is 0.246 e. The Hall–Kier alpha value is -2.37. The Balaban J connectivity index is 2.43. The Labute approximate surface area is 149 Å². The Morgan fingerprint density at radius 3 is 2.20 bits per heavy atom. The lowest BCUT2D eigenvalue weighted by atomic mass is 10.0. The number of rotatable bonds is 9. The quantitative estimate of drug-likeness (QED) is 0.640. The standard InChI is InChI=1S/C19H29N3O3/c1-5-6-17(23)20-12-18(24)21-14(4)19(25)22-16-9-7-15(8-10-16)11-13(2)3/h7-10,13-14H,5-6,11-12H2,1-4H3,(H,20,23)(H,21,24)(H,22,25). The Morgan fingerprint density at radius 1 is 1.00 bits per heavy atom. The van der Waals surface area contributed by atoms with Gasteiger partial charge in [0.25, 0.3) is 0 Å². The van der Waals surface area contributed by atoms with Crippen LogP contribution in [-0.4, -0.2) is 30.3 Å². The van der Waals surface area contributed by atoms with E-state index in [1.54, 1.807) is 6.92 Å². The summed E-state index contributed by atoms with van der Waals surface area (Å²) in [4.78, 5) is 35.2. The van der Waals surface area contributed by atoms with Crippen molar-refractivity contribution in [3.05, 3.63) is 29.8 Å². The molecule has 0 fully saturated rings. The molecular weight excluding hydrogens is 318 g/mol. The normalized spacial score (nSPS) is 11.7. The van der Waals surface area contributed by atoms with Crippen LogP contribution in [0, 0.1) is 5.92 Å². The number of hydrogen-bond donors (Lipinski definition) is 3. The number of carbonyl (C=O) groups excluding carboxylic acids is 3. The summed E-state index contributed by atoms with van der Waals surface area (Å²) in [7, 11) is 0. The summed E-state index contributed by atoms with van der Waals surface area (Å²) in [5.41, 5.74) is 1.91. The van der Waals surface area contributed by atoms with Gasteiger partial charge in [-0.2, -0.15) is 0 Å². The lowest BCUT2D eigenvalue weighted by molar-refractivity contribution is -0.128. The van der Waals surface area contributed by atoms with Crippen LogP contribution >= 0.6 is 0 Å². The van der Waals surface area contributed by atoms with Crippen LogP contribution in [0.3, 0.4) is 0 Å². The van der Waals surface area contributed by atoms with Gasteiger partial charge in [0.05, 0.1) is 6.54 Å². The Bertz CT molecular complexity index is 582. The van der Waals surface area contributed by atoms with Gasteiger partial charge in [-0.1, -0.05) is 32.9 Å². The van der Waals surface area contributed by atoms with E-state index in [2.05, 4.69) is 29.8 Å². The minimum absolute atomic E-state index is 0.125. The fourth-order valence-corrected chi connectivity index (χ4v) is 2.30. The van der Waals surface area contributed by atoms with Crippen LogP contribution in [0.15, 0.2) is 24.3 Å². The number of nitrogens with one attached hydrogen (secondary N) is 3. The van der Waals surface area contributed by atoms with E-state index in [-0.39, 0.29) is 24.3 Å². The molecular formula is C19H29N3O3. The first-order chi connectivity index (χ1) is 11.8. The number of benzene rings is 1. The highest BCUT2D eigenvalue weighted by molar-refractivity contribution is 5.97. The predicted octanol–water partition coefficient (Wildman–Crippen LogP) is 2.24. The molecule has 0 aliphatic carbocycles. The van der Waals surface area contributed by atoms with Crippen LogP contribution in [0.5, 0.6) is 0 Å². The lowest BCUT2D eigenvalue weighted by Crippen LogP contribution is -2.45. The molecule has 6 heteroatoms. The highest BCUT2D eigenvalue weighted by Crippen LogP contribution is 2.13. The van der Waals surface area contributed by atoms with Crippen molar-refractivity contribution < 1.29 is 14.4 Å². The topological polar surface area (TPSA) is 87.3 Å². The van der Waals surface area contributed by atoms with Gasteiger partial charge in [0.1, 0.15) is 6.04 Å². The molecule has 1 unspecified atom stereocenters. The summed E-state index contributed by atoms with van der Waals surface area (Å²) < 4.78 is 0. The van der Waals surface area contributed by atoms with Gasteiger partial charge in [0.15, 0.2) is 0 Å². The molecule has 3 N–H and O–H groups in total. The molecule has 6 nitrogen and oxygen atoms in total. The number of anilines is 1. The molecule has 1 atom stereocenters. The summed E-state index contributed by atoms with van der Waals surface area (Å²) in [5.74, 6) is -0.283. The molecule has 0 saturated carbocycles. The molecule has 0 saturated heterocycles. The van der Waals surface area contributed by atoms with Gasteiger partial charge >= 0.3 is 0 Å². The Morgan fingerprint density at radius 2 is 1.64 bits per heavy atom. The zero-order valence-electron chi connectivity index (χ0n) is 15.5. The SMILES string of the molecule is CCCC(=O)NCC(=O)NC(C)C(=O)Nc1ccc(CC(C)C)cc1. The van der Waals surface area contributed by atoms with E-state index < -0.39 is 6.04 Å². The third-order valence-corrected chi connectivity index (χ3v) is 3.56. The summed E-state index contributed by atoms with van der Waals surface area (Å²) in [6, 6.07) is 7.00. The number of amides is 3. The smallest absolute Gasteiger partial charge is 0.246 e. The zero-order chi connectivity index (χ0) is 18.8. The van der Waals surface area contributed by atoms with Gasteiger partial charge in [0.2, 0.25) is 17.7 Å². The maximum absolute atomic E-state index is 12.1. The molecule has 0 aromatic heterocycles. The molecule has 138 valence electrons. The molecule has 1 rings (SSSR count). The molecule has 1 aromatic rings. The maximum atomic E-state index is 12.1. The van der Waals surface area contributed by atoms with E-state index in [9.17, 15) is 14.4 Å². The third-order valence-electron chi connectivity index (χ3n) is 3.56. The minimum Gasteiger partial charge on any atom is -0.347 e. The van der Waals surface area contributed by atoms with E-state index >= 15 is 0 Å². The van der Waals surface area contributed by atoms with Crippen molar-refractivity contribution in [2.45, 2.75) is 53.0 Å². The second kappa shape index (κ2) is 10.5. The minimum atomic E-state index is -0.689. The molecule has 0 bridgehead atoms. The van der Waals surface area contributed by atoms with Crippen LogP contribution in [0.2, 0.25) is 0 Å². The van der Waals surface area contributed by atoms with Gasteiger partial charge in [-0.25, -0.2) is 0 Å². The molecule has 0 aliphatic heterocycles. The van der Waals surface area contributed by atoms with Gasteiger partial charge in [-0.15, -0.1) is 0 Å². The summed E-state index contributed by atoms with van der Waals surface area (Å²) in [6.07, 6.45) is 2.10. The summed E-state index contributed by atoms with van der Waals surface area (Å²) in [6.45, 7) is 7.69. The zero-order valence-corrected chi connectivity index (χ0v) is 15.5. The van der Waals surface area contributed by atoms with E-state index in [0.29, 0.717) is 18.0 Å². The largest absolute Gasteiger partial charge is 0.347 e. The number of carbonyl (C=O) groups is 3. The van der Waals surface area contributed by atoms with Gasteiger partial charge in [0, 0.05) is 12.1 Å². The van der Waals surface area contributed by atoms with Crippen LogP contribution in [0.4, 0.5) is 5.69 Å². The van der Waals surface area contributed by atoms with E-state index in [0.717, 1.165) is 12.8 Å². The number of hydrogen-bond acceptors (Lipinski definition) is 3. The van der Waals surface area contributed by atoms with Crippen LogP contribution < -0.4 is 16.0 Å². The van der Waals surface area contributed by atoms with Crippen molar-refractivity contribution in [2.75, 3.05) is 11.9 Å². The second-order valence-corrected chi connectivity index (χ2v) is 6.60.